The van der Waals surface area contributed by atoms with Crippen molar-refractivity contribution < 1.29 is 33.7 Å². The predicted octanol–water partition coefficient (Wildman–Crippen LogP) is 6.38. The van der Waals surface area contributed by atoms with Gasteiger partial charge >= 0.3 is 5.97 Å². The Morgan fingerprint density at radius 1 is 0.977 bits per heavy atom. The van der Waals surface area contributed by atoms with Gasteiger partial charge in [0.2, 0.25) is 11.8 Å². The Morgan fingerprint density at radius 2 is 1.59 bits per heavy atom. The summed E-state index contributed by atoms with van der Waals surface area (Å²) in [5.41, 5.74) is 3.59. The summed E-state index contributed by atoms with van der Waals surface area (Å²) in [5, 5.41) is 23.1. The summed E-state index contributed by atoms with van der Waals surface area (Å²) in [6, 6.07) is 5.86. The molecule has 0 aromatic heterocycles. The number of unbranched alkanes of at least 4 members (excludes halogenated alkanes) is 9. The van der Waals surface area contributed by atoms with Gasteiger partial charge in [0, 0.05) is 12.8 Å². The van der Waals surface area contributed by atoms with E-state index in [0.29, 0.717) is 24.3 Å². The van der Waals surface area contributed by atoms with Gasteiger partial charge in [-0.15, -0.1) is 0 Å². The smallest absolute Gasteiger partial charge is 0.336 e. The molecule has 0 radical (unpaired) electrons. The average Bonchev–Trinajstić information content (AvgIpc) is 2.99. The normalized spacial score (nSPS) is 14.2. The van der Waals surface area contributed by atoms with Crippen LogP contribution in [0.1, 0.15) is 103 Å². The van der Waals surface area contributed by atoms with Crippen molar-refractivity contribution in [3.8, 4) is 5.75 Å². The number of rotatable bonds is 27. The highest BCUT2D eigenvalue weighted by molar-refractivity contribution is 7.99. The van der Waals surface area contributed by atoms with Gasteiger partial charge < -0.3 is 26.0 Å². The van der Waals surface area contributed by atoms with E-state index in [1.807, 2.05) is 11.8 Å². The molecule has 0 bridgehead atoms. The van der Waals surface area contributed by atoms with Crippen LogP contribution in [-0.2, 0) is 20.8 Å². The second kappa shape index (κ2) is 23.7. The van der Waals surface area contributed by atoms with E-state index in [1.54, 1.807) is 30.3 Å². The summed E-state index contributed by atoms with van der Waals surface area (Å²) in [6.07, 6.45) is 15.3. The number of thioether (sulfide) groups is 1. The zero-order chi connectivity index (χ0) is 32.6. The number of halogens is 1. The van der Waals surface area contributed by atoms with Gasteiger partial charge in [-0.05, 0) is 61.3 Å². The van der Waals surface area contributed by atoms with Crippen molar-refractivity contribution in [2.24, 2.45) is 11.7 Å². The average molecular weight is 639 g/mol. The van der Waals surface area contributed by atoms with E-state index in [4.69, 9.17) is 10.5 Å². The molecular weight excluding hydrogens is 583 g/mol. The number of carboxylic acids is 1. The summed E-state index contributed by atoms with van der Waals surface area (Å²) in [7, 11) is 0. The molecule has 0 unspecified atom stereocenters. The van der Waals surface area contributed by atoms with Crippen LogP contribution >= 0.6 is 11.8 Å². The van der Waals surface area contributed by atoms with E-state index in [9.17, 15) is 29.0 Å². The van der Waals surface area contributed by atoms with Crippen LogP contribution in [0.15, 0.2) is 36.4 Å². The number of nitrogens with one attached hydrogen (secondary N) is 1. The van der Waals surface area contributed by atoms with Gasteiger partial charge in [0.1, 0.15) is 11.8 Å². The fourth-order valence-corrected chi connectivity index (χ4v) is 5.76. The van der Waals surface area contributed by atoms with Gasteiger partial charge in [-0.3, -0.25) is 14.0 Å². The fraction of sp³-hybridized carbons (Fsp3) is 0.676. The highest BCUT2D eigenvalue weighted by Crippen LogP contribution is 2.26. The molecule has 44 heavy (non-hydrogen) atoms. The third-order valence-corrected chi connectivity index (χ3v) is 8.72. The maximum Gasteiger partial charge on any atom is 0.336 e. The maximum atomic E-state index is 13.3. The van der Waals surface area contributed by atoms with E-state index in [2.05, 4.69) is 19.2 Å². The monoisotopic (exact) mass is 638 g/mol. The lowest BCUT2D eigenvalue weighted by molar-refractivity contribution is -0.167. The van der Waals surface area contributed by atoms with Crippen molar-refractivity contribution in [1.82, 2.24) is 5.32 Å². The van der Waals surface area contributed by atoms with Crippen LogP contribution in [0.25, 0.3) is 0 Å². The highest BCUT2D eigenvalue weighted by Gasteiger charge is 2.47. The van der Waals surface area contributed by atoms with Gasteiger partial charge in [-0.1, -0.05) is 83.1 Å². The molecule has 0 aliphatic heterocycles. The lowest BCUT2D eigenvalue weighted by Crippen LogP contribution is -2.55. The highest BCUT2D eigenvalue weighted by atomic mass is 32.2. The molecular formula is C34H55FN2O6S. The molecule has 2 amide bonds. The standard InChI is InChI=1S/C34H55FN2O6S/c1-3-5-7-11-14-24-44-25-15-12-9-8-10-13-16-29(34(42,21-22-35)33(40)41)32(39)37-30(31(36)38)26-27-17-19-28(20-18-27)43-23-6-4-2/h13,16-20,29-30,42H,3-12,14-15,21-26H2,1-2H3,(H2,36,38)(H,37,39)(H,40,41)/b16-13+/t29-,30+,34+/m1/s1. The molecule has 0 aliphatic rings. The Balaban J connectivity index is 2.72. The van der Waals surface area contributed by atoms with Crippen LogP contribution in [0.3, 0.4) is 0 Å². The number of hydrogen-bond donors (Lipinski definition) is 4. The SMILES string of the molecule is CCCCCCCSCCCCCC/C=C/[C@H](C(=O)N[C@@H](Cc1ccc(OCCCC)cc1)C(N)=O)[C@@](O)(CCF)C(=O)O. The zero-order valence-electron chi connectivity index (χ0n) is 26.7. The molecule has 1 aromatic rings. The molecule has 3 atom stereocenters. The Hall–Kier alpha value is -2.59. The van der Waals surface area contributed by atoms with Crippen molar-refractivity contribution in [3.05, 3.63) is 42.0 Å². The number of ether oxygens (including phenoxy) is 1. The Bertz CT molecular complexity index is 977. The minimum Gasteiger partial charge on any atom is -0.494 e. The maximum absolute atomic E-state index is 13.3. The number of carbonyl (C=O) groups is 3. The quantitative estimate of drug-likeness (QED) is 0.0648. The third kappa shape index (κ3) is 15.9. The van der Waals surface area contributed by atoms with E-state index in [0.717, 1.165) is 44.3 Å². The number of nitrogens with two attached hydrogens (primary N) is 1. The molecule has 0 fully saturated rings. The number of primary amides is 1. The first-order valence-corrected chi connectivity index (χ1v) is 17.4. The summed E-state index contributed by atoms with van der Waals surface area (Å²) in [5.74, 6) is -2.02. The van der Waals surface area contributed by atoms with Gasteiger partial charge in [-0.2, -0.15) is 11.8 Å². The van der Waals surface area contributed by atoms with Gasteiger partial charge in [0.05, 0.1) is 19.2 Å². The van der Waals surface area contributed by atoms with Crippen LogP contribution in [0.2, 0.25) is 0 Å². The van der Waals surface area contributed by atoms with Crippen molar-refractivity contribution in [3.63, 3.8) is 0 Å². The predicted molar refractivity (Wildman–Crippen MR) is 177 cm³/mol. The number of carboxylic acid groups (broad SMARTS) is 1. The molecule has 250 valence electrons. The lowest BCUT2D eigenvalue weighted by atomic mass is 9.83. The lowest BCUT2D eigenvalue weighted by Gasteiger charge is -2.30. The van der Waals surface area contributed by atoms with Crippen LogP contribution in [0.5, 0.6) is 5.75 Å². The second-order valence-electron chi connectivity index (χ2n) is 11.3. The van der Waals surface area contributed by atoms with E-state index >= 15 is 0 Å². The first-order valence-electron chi connectivity index (χ1n) is 16.3. The Morgan fingerprint density at radius 3 is 2.16 bits per heavy atom. The molecule has 1 rings (SSSR count). The van der Waals surface area contributed by atoms with E-state index in [-0.39, 0.29) is 6.42 Å². The van der Waals surface area contributed by atoms with Crippen molar-refractivity contribution >= 4 is 29.5 Å². The van der Waals surface area contributed by atoms with Crippen LogP contribution in [0.4, 0.5) is 4.39 Å². The third-order valence-electron chi connectivity index (χ3n) is 7.56. The molecule has 10 heteroatoms. The zero-order valence-corrected chi connectivity index (χ0v) is 27.6. The molecule has 0 saturated heterocycles. The molecule has 1 aromatic carbocycles. The van der Waals surface area contributed by atoms with Crippen LogP contribution < -0.4 is 15.8 Å². The largest absolute Gasteiger partial charge is 0.494 e. The van der Waals surface area contributed by atoms with Crippen molar-refractivity contribution in [2.75, 3.05) is 24.8 Å². The topological polar surface area (TPSA) is 139 Å². The van der Waals surface area contributed by atoms with Crippen LogP contribution in [0, 0.1) is 5.92 Å². The first kappa shape index (κ1) is 39.4. The number of allylic oxidation sites excluding steroid dienone is 1. The molecule has 5 N–H and O–H groups in total. The number of aliphatic hydroxyl groups is 1. The number of aliphatic carboxylic acids is 1. The number of carbonyl (C=O) groups excluding carboxylic acids is 2. The number of benzene rings is 1. The van der Waals surface area contributed by atoms with E-state index in [1.165, 1.54) is 43.9 Å². The first-order chi connectivity index (χ1) is 21.2. The molecule has 0 saturated carbocycles. The van der Waals surface area contributed by atoms with Gasteiger partial charge in [0.15, 0.2) is 5.60 Å². The summed E-state index contributed by atoms with van der Waals surface area (Å²) in [4.78, 5) is 37.5. The molecule has 0 heterocycles. The summed E-state index contributed by atoms with van der Waals surface area (Å²) < 4.78 is 19.0. The van der Waals surface area contributed by atoms with Crippen molar-refractivity contribution in [2.45, 2.75) is 115 Å². The van der Waals surface area contributed by atoms with E-state index < -0.39 is 48.4 Å². The number of hydrogen-bond acceptors (Lipinski definition) is 6. The Labute approximate surface area is 267 Å². The Kier molecular flexibility index (Phi) is 21.3. The molecule has 0 aliphatic carbocycles. The van der Waals surface area contributed by atoms with Crippen molar-refractivity contribution in [1.29, 1.82) is 0 Å². The molecule has 8 nitrogen and oxygen atoms in total. The second-order valence-corrected chi connectivity index (χ2v) is 12.5. The number of amides is 2. The summed E-state index contributed by atoms with van der Waals surface area (Å²) in [6.45, 7) is 3.74. The fourth-order valence-electron chi connectivity index (χ4n) is 4.74. The van der Waals surface area contributed by atoms with Gasteiger partial charge in [0.25, 0.3) is 0 Å². The minimum atomic E-state index is -2.68. The van der Waals surface area contributed by atoms with Crippen LogP contribution in [-0.4, -0.2) is 64.4 Å². The minimum absolute atomic E-state index is 0.0541. The number of alkyl halides is 1. The molecule has 0 spiro atoms. The summed E-state index contributed by atoms with van der Waals surface area (Å²) >= 11 is 2.00. The van der Waals surface area contributed by atoms with Gasteiger partial charge in [-0.25, -0.2) is 4.79 Å².